The van der Waals surface area contributed by atoms with Crippen molar-refractivity contribution in [2.45, 2.75) is 71.0 Å². The maximum atomic E-state index is 13.7. The summed E-state index contributed by atoms with van der Waals surface area (Å²) in [6.45, 7) is 8.19. The van der Waals surface area contributed by atoms with E-state index in [1.165, 1.54) is 0 Å². The Kier molecular flexibility index (Phi) is 4.66. The predicted octanol–water partition coefficient (Wildman–Crippen LogP) is 4.76. The van der Waals surface area contributed by atoms with E-state index in [1.807, 2.05) is 25.7 Å². The number of hydrogen-bond acceptors (Lipinski definition) is 3. The molecule has 8 heteroatoms. The van der Waals surface area contributed by atoms with Gasteiger partial charge in [-0.15, -0.1) is 0 Å². The molecule has 1 amide bonds. The number of carbonyl (C=O) groups excluding carboxylic acids is 1. The summed E-state index contributed by atoms with van der Waals surface area (Å²) in [5, 5.41) is 4.30. The second-order valence-electron chi connectivity index (χ2n) is 9.48. The molecule has 0 spiro atoms. The van der Waals surface area contributed by atoms with E-state index in [2.05, 4.69) is 17.0 Å². The lowest BCUT2D eigenvalue weighted by Gasteiger charge is -2.35. The van der Waals surface area contributed by atoms with Gasteiger partial charge in [-0.1, -0.05) is 27.7 Å². The Morgan fingerprint density at radius 1 is 1.17 bits per heavy atom. The average Bonchev–Trinajstić information content (AvgIpc) is 3.20. The van der Waals surface area contributed by atoms with Gasteiger partial charge >= 0.3 is 6.18 Å². The van der Waals surface area contributed by atoms with Gasteiger partial charge in [0, 0.05) is 23.9 Å². The van der Waals surface area contributed by atoms with Crippen molar-refractivity contribution < 1.29 is 18.0 Å². The van der Waals surface area contributed by atoms with Gasteiger partial charge in [0.1, 0.15) is 5.69 Å². The minimum absolute atomic E-state index is 0.0454. The quantitative estimate of drug-likeness (QED) is 0.720. The summed E-state index contributed by atoms with van der Waals surface area (Å²) in [6, 6.07) is 2.42. The van der Waals surface area contributed by atoms with E-state index in [1.54, 1.807) is 6.07 Å². The third-order valence-corrected chi connectivity index (χ3v) is 6.06. The summed E-state index contributed by atoms with van der Waals surface area (Å²) in [7, 11) is 0. The molecule has 2 aromatic rings. The third kappa shape index (κ3) is 3.73. The summed E-state index contributed by atoms with van der Waals surface area (Å²) in [5.74, 6) is 0.543. The first-order chi connectivity index (χ1) is 13.5. The summed E-state index contributed by atoms with van der Waals surface area (Å²) in [4.78, 5) is 19.2. The molecular weight excluding hydrogens is 381 g/mol. The molecule has 3 heterocycles. The fourth-order valence-corrected chi connectivity index (χ4v) is 4.12. The SMILES string of the molecule is C[C@@H]1C[C@@H]1C(=O)N1CCCC[C@H]1c1cc2nc(C(C)(C)C)cc(C(F)(F)F)n2n1. The monoisotopic (exact) mass is 408 g/mol. The van der Waals surface area contributed by atoms with Crippen LogP contribution in [0.2, 0.25) is 0 Å². The second kappa shape index (κ2) is 6.71. The average molecular weight is 408 g/mol. The molecule has 0 unspecified atom stereocenters. The Balaban J connectivity index is 1.78. The van der Waals surface area contributed by atoms with E-state index in [4.69, 9.17) is 0 Å². The van der Waals surface area contributed by atoms with Crippen molar-refractivity contribution in [2.24, 2.45) is 11.8 Å². The van der Waals surface area contributed by atoms with Crippen LogP contribution >= 0.6 is 0 Å². The van der Waals surface area contributed by atoms with Gasteiger partial charge in [-0.25, -0.2) is 9.50 Å². The second-order valence-corrected chi connectivity index (χ2v) is 9.48. The highest BCUT2D eigenvalue weighted by Crippen LogP contribution is 2.42. The van der Waals surface area contributed by atoms with Crippen LogP contribution in [-0.4, -0.2) is 31.9 Å². The highest BCUT2D eigenvalue weighted by molar-refractivity contribution is 5.82. The van der Waals surface area contributed by atoms with E-state index in [0.29, 0.717) is 30.3 Å². The van der Waals surface area contributed by atoms with Crippen molar-refractivity contribution >= 4 is 11.6 Å². The van der Waals surface area contributed by atoms with Crippen molar-refractivity contribution in [1.82, 2.24) is 19.5 Å². The van der Waals surface area contributed by atoms with Crippen LogP contribution in [0.4, 0.5) is 13.2 Å². The number of hydrogen-bond donors (Lipinski definition) is 0. The van der Waals surface area contributed by atoms with Crippen LogP contribution in [0.1, 0.15) is 76.5 Å². The number of halogens is 3. The number of aromatic nitrogens is 3. The smallest absolute Gasteiger partial charge is 0.334 e. The molecule has 0 N–H and O–H groups in total. The first-order valence-corrected chi connectivity index (χ1v) is 10.3. The zero-order chi connectivity index (χ0) is 21.1. The lowest BCUT2D eigenvalue weighted by Crippen LogP contribution is -2.39. The number of alkyl halides is 3. The van der Waals surface area contributed by atoms with Gasteiger partial charge in [0.15, 0.2) is 5.65 Å². The Bertz CT molecular complexity index is 944. The van der Waals surface area contributed by atoms with E-state index in [9.17, 15) is 18.0 Å². The zero-order valence-electron chi connectivity index (χ0n) is 17.3. The van der Waals surface area contributed by atoms with Gasteiger partial charge in [-0.3, -0.25) is 4.79 Å². The number of piperidine rings is 1. The molecule has 0 bridgehead atoms. The van der Waals surface area contributed by atoms with Gasteiger partial charge in [-0.05, 0) is 37.7 Å². The largest absolute Gasteiger partial charge is 0.433 e. The molecule has 29 heavy (non-hydrogen) atoms. The van der Waals surface area contributed by atoms with Gasteiger partial charge in [-0.2, -0.15) is 18.3 Å². The van der Waals surface area contributed by atoms with Gasteiger partial charge in [0.25, 0.3) is 0 Å². The van der Waals surface area contributed by atoms with E-state index in [0.717, 1.165) is 29.8 Å². The Morgan fingerprint density at radius 2 is 1.86 bits per heavy atom. The fraction of sp³-hybridized carbons (Fsp3) is 0.667. The predicted molar refractivity (Wildman–Crippen MR) is 102 cm³/mol. The highest BCUT2D eigenvalue weighted by atomic mass is 19.4. The maximum Gasteiger partial charge on any atom is 0.433 e. The van der Waals surface area contributed by atoms with Crippen molar-refractivity contribution in [3.05, 3.63) is 29.2 Å². The zero-order valence-corrected chi connectivity index (χ0v) is 17.3. The summed E-state index contributed by atoms with van der Waals surface area (Å²) < 4.78 is 42.1. The molecule has 2 aliphatic rings. The minimum atomic E-state index is -4.55. The third-order valence-electron chi connectivity index (χ3n) is 6.06. The van der Waals surface area contributed by atoms with Crippen LogP contribution in [0.15, 0.2) is 12.1 Å². The number of fused-ring (bicyclic) bond motifs is 1. The molecule has 1 saturated heterocycles. The molecule has 2 aromatic heterocycles. The van der Waals surface area contributed by atoms with Crippen molar-refractivity contribution in [3.63, 3.8) is 0 Å². The lowest BCUT2D eigenvalue weighted by molar-refractivity contribution is -0.143. The summed E-state index contributed by atoms with van der Waals surface area (Å²) in [5.41, 5.74) is -0.315. The van der Waals surface area contributed by atoms with Crippen LogP contribution < -0.4 is 0 Å². The fourth-order valence-electron chi connectivity index (χ4n) is 4.12. The maximum absolute atomic E-state index is 13.7. The van der Waals surface area contributed by atoms with Crippen molar-refractivity contribution in [2.75, 3.05) is 6.54 Å². The van der Waals surface area contributed by atoms with Crippen LogP contribution in [0.25, 0.3) is 5.65 Å². The van der Waals surface area contributed by atoms with Crippen LogP contribution in [-0.2, 0) is 16.4 Å². The number of rotatable bonds is 2. The number of carbonyl (C=O) groups is 1. The first-order valence-electron chi connectivity index (χ1n) is 10.3. The van der Waals surface area contributed by atoms with E-state index >= 15 is 0 Å². The van der Waals surface area contributed by atoms with E-state index < -0.39 is 17.3 Å². The molecule has 158 valence electrons. The van der Waals surface area contributed by atoms with Crippen molar-refractivity contribution in [3.8, 4) is 0 Å². The van der Waals surface area contributed by atoms with Crippen molar-refractivity contribution in [1.29, 1.82) is 0 Å². The molecule has 3 atom stereocenters. The molecule has 1 aliphatic heterocycles. The standard InChI is InChI=1S/C21H27F3N4O/c1-12-9-13(12)19(29)27-8-6-5-7-15(27)14-10-18-25-16(20(2,3)4)11-17(21(22,23)24)28(18)26-14/h10-13,15H,5-9H2,1-4H3/t12-,13+,15+/m1/s1. The highest BCUT2D eigenvalue weighted by Gasteiger charge is 2.44. The van der Waals surface area contributed by atoms with Gasteiger partial charge in [0.2, 0.25) is 5.91 Å². The van der Waals surface area contributed by atoms with Gasteiger partial charge in [0.05, 0.1) is 17.4 Å². The first kappa shape index (κ1) is 20.2. The molecule has 5 nitrogen and oxygen atoms in total. The normalized spacial score (nSPS) is 25.5. The molecular formula is C21H27F3N4O. The van der Waals surface area contributed by atoms with Gasteiger partial charge < -0.3 is 4.90 Å². The Morgan fingerprint density at radius 3 is 2.45 bits per heavy atom. The summed E-state index contributed by atoms with van der Waals surface area (Å²) >= 11 is 0. The number of amides is 1. The van der Waals surface area contributed by atoms with Crippen LogP contribution in [0, 0.1) is 11.8 Å². The molecule has 1 saturated carbocycles. The topological polar surface area (TPSA) is 50.5 Å². The molecule has 4 rings (SSSR count). The number of likely N-dealkylation sites (tertiary alicyclic amines) is 1. The Hall–Kier alpha value is -2.12. The Labute approximate surface area is 168 Å². The molecule has 2 fully saturated rings. The lowest BCUT2D eigenvalue weighted by atomic mass is 9.91. The minimum Gasteiger partial charge on any atom is -0.334 e. The molecule has 0 radical (unpaired) electrons. The van der Waals surface area contributed by atoms with Crippen LogP contribution in [0.3, 0.4) is 0 Å². The molecule has 0 aromatic carbocycles. The number of nitrogens with zero attached hydrogens (tertiary/aromatic N) is 4. The van der Waals surface area contributed by atoms with Crippen LogP contribution in [0.5, 0.6) is 0 Å². The van der Waals surface area contributed by atoms with E-state index in [-0.39, 0.29) is 23.5 Å². The molecule has 1 aliphatic carbocycles. The summed E-state index contributed by atoms with van der Waals surface area (Å²) in [6.07, 6.45) is -1.10.